The van der Waals surface area contributed by atoms with Crippen LogP contribution in [0.3, 0.4) is 0 Å². The second kappa shape index (κ2) is 7.64. The first-order valence-electron chi connectivity index (χ1n) is 7.06. The highest BCUT2D eigenvalue weighted by atomic mass is 32.2. The minimum absolute atomic E-state index is 0.224. The molecule has 1 atom stereocenters. The summed E-state index contributed by atoms with van der Waals surface area (Å²) in [6, 6.07) is 5.53. The summed E-state index contributed by atoms with van der Waals surface area (Å²) in [5.74, 6) is 2.05. The molecule has 0 spiro atoms. The molecule has 1 aliphatic rings. The zero-order valence-electron chi connectivity index (χ0n) is 12.1. The van der Waals surface area contributed by atoms with Crippen molar-refractivity contribution in [3.63, 3.8) is 0 Å². The molecule has 20 heavy (non-hydrogen) atoms. The summed E-state index contributed by atoms with van der Waals surface area (Å²) < 4.78 is 28.9. The molecule has 1 aromatic carbocycles. The molecule has 0 unspecified atom stereocenters. The van der Waals surface area contributed by atoms with Crippen LogP contribution in [0.5, 0.6) is 11.5 Å². The zero-order chi connectivity index (χ0) is 14.4. The van der Waals surface area contributed by atoms with Gasteiger partial charge in [0.15, 0.2) is 11.5 Å². The third-order valence-electron chi connectivity index (χ3n) is 2.91. The van der Waals surface area contributed by atoms with Crippen molar-refractivity contribution in [2.45, 2.75) is 37.7 Å². The molecule has 1 aromatic rings. The Morgan fingerprint density at radius 1 is 1.25 bits per heavy atom. The van der Waals surface area contributed by atoms with Crippen LogP contribution >= 0.6 is 0 Å². The molecule has 0 saturated carbocycles. The maximum Gasteiger partial charge on any atom is 0.162 e. The minimum atomic E-state index is -1.02. The summed E-state index contributed by atoms with van der Waals surface area (Å²) in [6.45, 7) is 5.96. The van der Waals surface area contributed by atoms with Gasteiger partial charge in [0.05, 0.1) is 30.1 Å². The van der Waals surface area contributed by atoms with Crippen molar-refractivity contribution in [2.24, 2.45) is 0 Å². The summed E-state index contributed by atoms with van der Waals surface area (Å²) in [6.07, 6.45) is 1.89. The van der Waals surface area contributed by atoms with E-state index in [-0.39, 0.29) is 6.10 Å². The van der Waals surface area contributed by atoms with E-state index in [1.807, 2.05) is 32.0 Å². The molecule has 4 nitrogen and oxygen atoms in total. The van der Waals surface area contributed by atoms with Gasteiger partial charge in [-0.3, -0.25) is 4.21 Å². The summed E-state index contributed by atoms with van der Waals surface area (Å²) in [4.78, 5) is 0.791. The minimum Gasteiger partial charge on any atom is -0.490 e. The fourth-order valence-electron chi connectivity index (χ4n) is 1.91. The van der Waals surface area contributed by atoms with Gasteiger partial charge in [0.2, 0.25) is 0 Å². The van der Waals surface area contributed by atoms with Crippen LogP contribution in [0.1, 0.15) is 26.7 Å². The van der Waals surface area contributed by atoms with E-state index in [1.165, 1.54) is 0 Å². The molecular weight excluding hydrogens is 276 g/mol. The SMILES string of the molecule is CC(C)OCCC[S@@](=O)c1ccc2c(c1)OCCCO2. The van der Waals surface area contributed by atoms with E-state index < -0.39 is 10.8 Å². The second-order valence-corrected chi connectivity index (χ2v) is 6.55. The quantitative estimate of drug-likeness (QED) is 0.758. The van der Waals surface area contributed by atoms with E-state index in [9.17, 15) is 4.21 Å². The van der Waals surface area contributed by atoms with Gasteiger partial charge in [-0.1, -0.05) is 0 Å². The van der Waals surface area contributed by atoms with Gasteiger partial charge in [0.1, 0.15) is 0 Å². The van der Waals surface area contributed by atoms with Crippen molar-refractivity contribution >= 4 is 10.8 Å². The first kappa shape index (κ1) is 15.3. The summed E-state index contributed by atoms with van der Waals surface area (Å²) in [5, 5.41) is 0. The van der Waals surface area contributed by atoms with Gasteiger partial charge >= 0.3 is 0 Å². The van der Waals surface area contributed by atoms with Crippen molar-refractivity contribution < 1.29 is 18.4 Å². The van der Waals surface area contributed by atoms with Crippen LogP contribution in [0, 0.1) is 0 Å². The highest BCUT2D eigenvalue weighted by Crippen LogP contribution is 2.31. The van der Waals surface area contributed by atoms with Crippen LogP contribution in [-0.2, 0) is 15.5 Å². The van der Waals surface area contributed by atoms with Crippen LogP contribution in [0.4, 0.5) is 0 Å². The first-order valence-corrected chi connectivity index (χ1v) is 8.38. The van der Waals surface area contributed by atoms with E-state index in [2.05, 4.69) is 0 Å². The van der Waals surface area contributed by atoms with Crippen LogP contribution in [0.2, 0.25) is 0 Å². The topological polar surface area (TPSA) is 44.8 Å². The van der Waals surface area contributed by atoms with Gasteiger partial charge in [-0.15, -0.1) is 0 Å². The molecule has 0 radical (unpaired) electrons. The molecule has 1 heterocycles. The summed E-state index contributed by atoms with van der Waals surface area (Å²) in [5.41, 5.74) is 0. The lowest BCUT2D eigenvalue weighted by molar-refractivity contribution is 0.0798. The molecular formula is C15H22O4S. The summed E-state index contributed by atoms with van der Waals surface area (Å²) in [7, 11) is -1.02. The van der Waals surface area contributed by atoms with Gasteiger partial charge in [0.25, 0.3) is 0 Å². The first-order chi connectivity index (χ1) is 9.66. The van der Waals surface area contributed by atoms with Crippen molar-refractivity contribution in [1.82, 2.24) is 0 Å². The van der Waals surface area contributed by atoms with Gasteiger partial charge in [-0.2, -0.15) is 0 Å². The van der Waals surface area contributed by atoms with E-state index in [4.69, 9.17) is 14.2 Å². The largest absolute Gasteiger partial charge is 0.490 e. The molecule has 0 aromatic heterocycles. The molecule has 0 saturated heterocycles. The van der Waals surface area contributed by atoms with Gasteiger partial charge in [0, 0.05) is 29.7 Å². The predicted molar refractivity (Wildman–Crippen MR) is 79.0 cm³/mol. The maximum atomic E-state index is 12.2. The molecule has 5 heteroatoms. The fraction of sp³-hybridized carbons (Fsp3) is 0.600. The number of fused-ring (bicyclic) bond motifs is 1. The highest BCUT2D eigenvalue weighted by molar-refractivity contribution is 7.85. The standard InChI is InChI=1S/C15H22O4S/c1-12(2)17-9-4-10-20(16)13-5-6-14-15(11-13)19-8-3-7-18-14/h5-6,11-12H,3-4,7-10H2,1-2H3/t20-/m1/s1. The Labute approximate surface area is 122 Å². The molecule has 0 N–H and O–H groups in total. The smallest absolute Gasteiger partial charge is 0.162 e. The van der Waals surface area contributed by atoms with E-state index in [0.29, 0.717) is 31.3 Å². The molecule has 0 fully saturated rings. The van der Waals surface area contributed by atoms with Crippen LogP contribution in [0.25, 0.3) is 0 Å². The molecule has 0 aliphatic carbocycles. The van der Waals surface area contributed by atoms with Gasteiger partial charge in [-0.05, 0) is 32.4 Å². The lowest BCUT2D eigenvalue weighted by Crippen LogP contribution is -2.07. The molecule has 112 valence electrons. The average molecular weight is 298 g/mol. The van der Waals surface area contributed by atoms with Crippen LogP contribution < -0.4 is 9.47 Å². The summed E-state index contributed by atoms with van der Waals surface area (Å²) >= 11 is 0. The second-order valence-electron chi connectivity index (χ2n) is 4.98. The molecule has 1 aliphatic heterocycles. The molecule has 2 rings (SSSR count). The maximum absolute atomic E-state index is 12.2. The van der Waals surface area contributed by atoms with Gasteiger partial charge < -0.3 is 14.2 Å². The third kappa shape index (κ3) is 4.49. The Morgan fingerprint density at radius 3 is 2.75 bits per heavy atom. The van der Waals surface area contributed by atoms with Gasteiger partial charge in [-0.25, -0.2) is 0 Å². The van der Waals surface area contributed by atoms with Crippen LogP contribution in [-0.4, -0.2) is 35.9 Å². The Morgan fingerprint density at radius 2 is 2.00 bits per heavy atom. The Hall–Kier alpha value is -1.07. The predicted octanol–water partition coefficient (Wildman–Crippen LogP) is 2.77. The lowest BCUT2D eigenvalue weighted by atomic mass is 10.3. The number of ether oxygens (including phenoxy) is 3. The van der Waals surface area contributed by atoms with Crippen molar-refractivity contribution in [2.75, 3.05) is 25.6 Å². The Kier molecular flexibility index (Phi) is 5.86. The Bertz CT molecular complexity index is 459. The van der Waals surface area contributed by atoms with Crippen LogP contribution in [0.15, 0.2) is 23.1 Å². The van der Waals surface area contributed by atoms with E-state index in [1.54, 1.807) is 0 Å². The Balaban J connectivity index is 1.91. The number of benzene rings is 1. The normalized spacial score (nSPS) is 15.9. The number of hydrogen-bond acceptors (Lipinski definition) is 4. The lowest BCUT2D eigenvalue weighted by Gasteiger charge is -2.10. The van der Waals surface area contributed by atoms with E-state index >= 15 is 0 Å². The number of hydrogen-bond donors (Lipinski definition) is 0. The van der Waals surface area contributed by atoms with Crippen molar-refractivity contribution in [3.05, 3.63) is 18.2 Å². The van der Waals surface area contributed by atoms with E-state index in [0.717, 1.165) is 23.5 Å². The molecule has 0 amide bonds. The average Bonchev–Trinajstić information content (AvgIpc) is 2.67. The highest BCUT2D eigenvalue weighted by Gasteiger charge is 2.13. The van der Waals surface area contributed by atoms with Crippen molar-refractivity contribution in [1.29, 1.82) is 0 Å². The monoisotopic (exact) mass is 298 g/mol. The molecule has 0 bridgehead atoms. The fourth-order valence-corrected chi connectivity index (χ4v) is 2.99. The van der Waals surface area contributed by atoms with Crippen molar-refractivity contribution in [3.8, 4) is 11.5 Å². The third-order valence-corrected chi connectivity index (χ3v) is 4.35. The zero-order valence-corrected chi connectivity index (χ0v) is 12.9. The number of rotatable bonds is 6.